The summed E-state index contributed by atoms with van der Waals surface area (Å²) < 4.78 is 5.21. The molecule has 20 heavy (non-hydrogen) atoms. The third-order valence-corrected chi connectivity index (χ3v) is 3.47. The molecule has 5 nitrogen and oxygen atoms in total. The van der Waals surface area contributed by atoms with Gasteiger partial charge >= 0.3 is 0 Å². The lowest BCUT2D eigenvalue weighted by atomic mass is 10.0. The molecular formula is C15H19N3O2. The van der Waals surface area contributed by atoms with E-state index in [2.05, 4.69) is 5.32 Å². The third kappa shape index (κ3) is 3.89. The highest BCUT2D eigenvalue weighted by Crippen LogP contribution is 2.19. The fraction of sp³-hybridized carbons (Fsp3) is 0.467. The molecule has 5 heteroatoms. The van der Waals surface area contributed by atoms with Gasteiger partial charge in [0, 0.05) is 31.7 Å². The van der Waals surface area contributed by atoms with E-state index in [9.17, 15) is 4.79 Å². The minimum Gasteiger partial charge on any atom is -0.479 e. The topological polar surface area (TPSA) is 65.4 Å². The Labute approximate surface area is 119 Å². The first kappa shape index (κ1) is 14.2. The summed E-state index contributed by atoms with van der Waals surface area (Å²) in [5.74, 6) is 0.853. The van der Waals surface area contributed by atoms with E-state index in [0.29, 0.717) is 11.8 Å². The third-order valence-electron chi connectivity index (χ3n) is 3.47. The minimum absolute atomic E-state index is 0.0658. The number of nitrogens with one attached hydrogen (secondary N) is 1. The van der Waals surface area contributed by atoms with Crippen LogP contribution in [0.5, 0.6) is 5.75 Å². The van der Waals surface area contributed by atoms with Crippen molar-refractivity contribution in [1.29, 1.82) is 5.26 Å². The molecular weight excluding hydrogens is 254 g/mol. The summed E-state index contributed by atoms with van der Waals surface area (Å²) >= 11 is 0. The molecule has 0 aromatic heterocycles. The lowest BCUT2D eigenvalue weighted by molar-refractivity contribution is -0.129. The highest BCUT2D eigenvalue weighted by molar-refractivity contribution is 5.73. The van der Waals surface area contributed by atoms with Crippen molar-refractivity contribution in [3.8, 4) is 11.8 Å². The zero-order valence-corrected chi connectivity index (χ0v) is 11.6. The van der Waals surface area contributed by atoms with Gasteiger partial charge in [-0.15, -0.1) is 0 Å². The number of hydrogen-bond donors (Lipinski definition) is 1. The van der Waals surface area contributed by atoms with Crippen LogP contribution in [0.15, 0.2) is 24.3 Å². The number of hydrogen-bond acceptors (Lipinski definition) is 4. The first-order valence-electron chi connectivity index (χ1n) is 6.81. The van der Waals surface area contributed by atoms with Crippen LogP contribution in [0.4, 0.5) is 5.69 Å². The van der Waals surface area contributed by atoms with Gasteiger partial charge in [0.2, 0.25) is 5.91 Å². The zero-order valence-electron chi connectivity index (χ0n) is 11.6. The Morgan fingerprint density at radius 3 is 2.60 bits per heavy atom. The monoisotopic (exact) mass is 273 g/mol. The normalized spacial score (nSPS) is 15.5. The Balaban J connectivity index is 1.82. The van der Waals surface area contributed by atoms with Crippen molar-refractivity contribution in [2.24, 2.45) is 0 Å². The Hall–Kier alpha value is -2.22. The molecule has 2 rings (SSSR count). The Morgan fingerprint density at radius 1 is 1.40 bits per heavy atom. The second-order valence-corrected chi connectivity index (χ2v) is 4.90. The van der Waals surface area contributed by atoms with Crippen LogP contribution in [0.25, 0.3) is 0 Å². The number of nitriles is 1. The van der Waals surface area contributed by atoms with E-state index in [1.807, 2.05) is 35.2 Å². The first-order chi connectivity index (χ1) is 9.69. The largest absolute Gasteiger partial charge is 0.479 e. The van der Waals surface area contributed by atoms with E-state index >= 15 is 0 Å². The number of likely N-dealkylation sites (tertiary alicyclic amines) is 1. The molecule has 1 aliphatic heterocycles. The van der Waals surface area contributed by atoms with E-state index < -0.39 is 0 Å². The summed E-state index contributed by atoms with van der Waals surface area (Å²) in [6, 6.07) is 9.94. The van der Waals surface area contributed by atoms with Crippen molar-refractivity contribution in [2.75, 3.05) is 25.0 Å². The van der Waals surface area contributed by atoms with Crippen molar-refractivity contribution < 1.29 is 9.53 Å². The quantitative estimate of drug-likeness (QED) is 0.911. The summed E-state index contributed by atoms with van der Waals surface area (Å²) in [4.78, 5) is 13.1. The molecule has 1 amide bonds. The van der Waals surface area contributed by atoms with Crippen molar-refractivity contribution >= 4 is 11.6 Å². The van der Waals surface area contributed by atoms with Crippen molar-refractivity contribution in [3.63, 3.8) is 0 Å². The Bertz CT molecular complexity index is 485. The van der Waals surface area contributed by atoms with Crippen LogP contribution < -0.4 is 10.1 Å². The SMILES string of the molecule is CC(=O)N1CCC(Nc2ccc(OCC#N)cc2)CC1. The summed E-state index contributed by atoms with van der Waals surface area (Å²) in [6.45, 7) is 3.32. The molecule has 1 saturated heterocycles. The maximum Gasteiger partial charge on any atom is 0.219 e. The molecule has 0 atom stereocenters. The molecule has 1 aromatic carbocycles. The van der Waals surface area contributed by atoms with Gasteiger partial charge in [-0.3, -0.25) is 4.79 Å². The maximum atomic E-state index is 11.3. The van der Waals surface area contributed by atoms with E-state index in [1.165, 1.54) is 0 Å². The number of ether oxygens (including phenoxy) is 1. The number of benzene rings is 1. The first-order valence-corrected chi connectivity index (χ1v) is 6.81. The van der Waals surface area contributed by atoms with E-state index in [-0.39, 0.29) is 12.5 Å². The van der Waals surface area contributed by atoms with Crippen LogP contribution in [0, 0.1) is 11.3 Å². The van der Waals surface area contributed by atoms with Gasteiger partial charge < -0.3 is 15.0 Å². The smallest absolute Gasteiger partial charge is 0.219 e. The fourth-order valence-corrected chi connectivity index (χ4v) is 2.34. The highest BCUT2D eigenvalue weighted by atomic mass is 16.5. The van der Waals surface area contributed by atoms with Crippen molar-refractivity contribution in [3.05, 3.63) is 24.3 Å². The molecule has 106 valence electrons. The van der Waals surface area contributed by atoms with Gasteiger partial charge in [0.15, 0.2) is 6.61 Å². The van der Waals surface area contributed by atoms with Crippen LogP contribution >= 0.6 is 0 Å². The van der Waals surface area contributed by atoms with Gasteiger partial charge in [-0.2, -0.15) is 5.26 Å². The van der Waals surface area contributed by atoms with E-state index in [1.54, 1.807) is 6.92 Å². The molecule has 1 heterocycles. The van der Waals surface area contributed by atoms with Crippen LogP contribution in [0.3, 0.4) is 0 Å². The van der Waals surface area contributed by atoms with E-state index in [0.717, 1.165) is 31.6 Å². The maximum absolute atomic E-state index is 11.3. The number of anilines is 1. The van der Waals surface area contributed by atoms with Crippen molar-refractivity contribution in [2.45, 2.75) is 25.8 Å². The molecule has 1 aromatic rings. The number of carbonyl (C=O) groups is 1. The van der Waals surface area contributed by atoms with Crippen LogP contribution in [0.2, 0.25) is 0 Å². The average molecular weight is 273 g/mol. The lowest BCUT2D eigenvalue weighted by Crippen LogP contribution is -2.41. The predicted molar refractivity (Wildman–Crippen MR) is 76.4 cm³/mol. The number of piperidine rings is 1. The number of carbonyl (C=O) groups excluding carboxylic acids is 1. The average Bonchev–Trinajstić information content (AvgIpc) is 2.47. The summed E-state index contributed by atoms with van der Waals surface area (Å²) in [5.41, 5.74) is 1.04. The zero-order chi connectivity index (χ0) is 14.4. The number of amides is 1. The molecule has 0 radical (unpaired) electrons. The second kappa shape index (κ2) is 6.80. The molecule has 1 N–H and O–H groups in total. The Kier molecular flexibility index (Phi) is 4.83. The molecule has 1 fully saturated rings. The number of rotatable bonds is 4. The molecule has 0 saturated carbocycles. The summed E-state index contributed by atoms with van der Waals surface area (Å²) in [7, 11) is 0. The fourth-order valence-electron chi connectivity index (χ4n) is 2.34. The van der Waals surface area contributed by atoms with Crippen molar-refractivity contribution in [1.82, 2.24) is 4.90 Å². The molecule has 0 spiro atoms. The van der Waals surface area contributed by atoms with Gasteiger partial charge in [-0.25, -0.2) is 0 Å². The van der Waals surface area contributed by atoms with Crippen LogP contribution in [-0.2, 0) is 4.79 Å². The molecule has 0 bridgehead atoms. The van der Waals surface area contributed by atoms with E-state index in [4.69, 9.17) is 10.00 Å². The van der Waals surface area contributed by atoms with Gasteiger partial charge in [0.05, 0.1) is 0 Å². The molecule has 1 aliphatic rings. The van der Waals surface area contributed by atoms with Gasteiger partial charge in [0.25, 0.3) is 0 Å². The Morgan fingerprint density at radius 2 is 2.05 bits per heavy atom. The second-order valence-electron chi connectivity index (χ2n) is 4.90. The van der Waals surface area contributed by atoms with Gasteiger partial charge in [-0.05, 0) is 37.1 Å². The molecule has 0 unspecified atom stereocenters. The van der Waals surface area contributed by atoms with Gasteiger partial charge in [0.1, 0.15) is 11.8 Å². The van der Waals surface area contributed by atoms with Crippen LogP contribution in [0.1, 0.15) is 19.8 Å². The standard InChI is InChI=1S/C15H19N3O2/c1-12(19)18-9-6-14(7-10-18)17-13-2-4-15(5-3-13)20-11-8-16/h2-5,14,17H,6-7,9-11H2,1H3. The lowest BCUT2D eigenvalue weighted by Gasteiger charge is -2.32. The summed E-state index contributed by atoms with van der Waals surface area (Å²) in [6.07, 6.45) is 1.93. The minimum atomic E-state index is 0.0658. The van der Waals surface area contributed by atoms with Crippen LogP contribution in [-0.4, -0.2) is 36.5 Å². The molecule has 0 aliphatic carbocycles. The predicted octanol–water partition coefficient (Wildman–Crippen LogP) is 2.01. The van der Waals surface area contributed by atoms with Gasteiger partial charge in [-0.1, -0.05) is 0 Å². The number of nitrogens with zero attached hydrogens (tertiary/aromatic N) is 2. The highest BCUT2D eigenvalue weighted by Gasteiger charge is 2.20. The summed E-state index contributed by atoms with van der Waals surface area (Å²) in [5, 5.41) is 11.9.